The maximum Gasteiger partial charge on any atom is 0.418 e. The molecule has 0 radical (unpaired) electrons. The van der Waals surface area contributed by atoms with Crippen molar-refractivity contribution in [2.75, 3.05) is 26.2 Å². The molecular weight excluding hydrogens is 301 g/mol. The lowest BCUT2D eigenvalue weighted by molar-refractivity contribution is -0.138. The average Bonchev–Trinajstić information content (AvgIpc) is 2.71. The summed E-state index contributed by atoms with van der Waals surface area (Å²) in [5, 5.41) is 0. The van der Waals surface area contributed by atoms with Crippen LogP contribution in [0, 0.1) is 0 Å². The zero-order chi connectivity index (χ0) is 16.3. The summed E-state index contributed by atoms with van der Waals surface area (Å²) in [5.74, 6) is -0.721. The van der Waals surface area contributed by atoms with Crippen molar-refractivity contribution in [3.8, 4) is 0 Å². The van der Waals surface area contributed by atoms with Crippen LogP contribution >= 0.6 is 0 Å². The van der Waals surface area contributed by atoms with Gasteiger partial charge < -0.3 is 15.5 Å². The van der Waals surface area contributed by atoms with Gasteiger partial charge in [-0.1, -0.05) is 0 Å². The van der Waals surface area contributed by atoms with Gasteiger partial charge in [-0.2, -0.15) is 13.2 Å². The largest absolute Gasteiger partial charge is 0.418 e. The normalized spacial score (nSPS) is 16.3. The van der Waals surface area contributed by atoms with Crippen LogP contribution in [0.5, 0.6) is 0 Å². The lowest BCUT2D eigenvalue weighted by Crippen LogP contribution is -2.40. The molecule has 0 spiro atoms. The van der Waals surface area contributed by atoms with Crippen molar-refractivity contribution < 1.29 is 22.8 Å². The lowest BCUT2D eigenvalue weighted by atomic mass is 10.1. The molecule has 22 heavy (non-hydrogen) atoms. The SMILES string of the molecule is NC(=O)N1CCCN(C(=O)c2ccncc2C(F)(F)F)CC1. The molecule has 3 amide bonds. The monoisotopic (exact) mass is 316 g/mol. The van der Waals surface area contributed by atoms with Crippen molar-refractivity contribution in [2.24, 2.45) is 5.73 Å². The minimum Gasteiger partial charge on any atom is -0.351 e. The first-order valence-corrected chi connectivity index (χ1v) is 6.65. The Hall–Kier alpha value is -2.32. The number of carbonyl (C=O) groups is 2. The molecule has 1 aromatic heterocycles. The van der Waals surface area contributed by atoms with E-state index in [9.17, 15) is 22.8 Å². The molecule has 0 atom stereocenters. The number of aromatic nitrogens is 1. The maximum atomic E-state index is 12.9. The molecule has 2 heterocycles. The van der Waals surface area contributed by atoms with Gasteiger partial charge in [0.1, 0.15) is 0 Å². The molecule has 0 aliphatic carbocycles. The summed E-state index contributed by atoms with van der Waals surface area (Å²) >= 11 is 0. The molecule has 2 N–H and O–H groups in total. The Bertz CT molecular complexity index is 577. The first-order valence-electron chi connectivity index (χ1n) is 6.65. The number of hydrogen-bond donors (Lipinski definition) is 1. The summed E-state index contributed by atoms with van der Waals surface area (Å²) in [5.41, 5.74) is 3.68. The van der Waals surface area contributed by atoms with E-state index in [0.717, 1.165) is 12.3 Å². The molecule has 1 aliphatic rings. The number of amides is 3. The number of carbonyl (C=O) groups excluding carboxylic acids is 2. The van der Waals surface area contributed by atoms with E-state index < -0.39 is 29.2 Å². The molecule has 6 nitrogen and oxygen atoms in total. The Morgan fingerprint density at radius 2 is 1.77 bits per heavy atom. The second-order valence-corrected chi connectivity index (χ2v) is 4.89. The summed E-state index contributed by atoms with van der Waals surface area (Å²) in [6.07, 6.45) is -2.40. The van der Waals surface area contributed by atoms with Gasteiger partial charge in [0.25, 0.3) is 5.91 Å². The Morgan fingerprint density at radius 1 is 1.14 bits per heavy atom. The van der Waals surface area contributed by atoms with Crippen molar-refractivity contribution in [3.63, 3.8) is 0 Å². The van der Waals surface area contributed by atoms with Gasteiger partial charge in [-0.25, -0.2) is 4.79 Å². The zero-order valence-electron chi connectivity index (χ0n) is 11.6. The Balaban J connectivity index is 2.20. The number of halogens is 3. The van der Waals surface area contributed by atoms with Crippen LogP contribution in [0.4, 0.5) is 18.0 Å². The second kappa shape index (κ2) is 6.20. The summed E-state index contributed by atoms with van der Waals surface area (Å²) in [6.45, 7) is 0.985. The highest BCUT2D eigenvalue weighted by molar-refractivity contribution is 5.95. The topological polar surface area (TPSA) is 79.5 Å². The highest BCUT2D eigenvalue weighted by atomic mass is 19.4. The van der Waals surface area contributed by atoms with Gasteiger partial charge in [0.2, 0.25) is 0 Å². The van der Waals surface area contributed by atoms with Gasteiger partial charge in [0.05, 0.1) is 11.1 Å². The fourth-order valence-electron chi connectivity index (χ4n) is 2.32. The number of pyridine rings is 1. The van der Waals surface area contributed by atoms with Gasteiger partial charge in [0, 0.05) is 38.6 Å². The van der Waals surface area contributed by atoms with E-state index in [4.69, 9.17) is 5.73 Å². The van der Waals surface area contributed by atoms with Crippen LogP contribution in [-0.4, -0.2) is 52.9 Å². The van der Waals surface area contributed by atoms with Crippen LogP contribution in [0.1, 0.15) is 22.3 Å². The molecule has 0 unspecified atom stereocenters. The highest BCUT2D eigenvalue weighted by Gasteiger charge is 2.36. The van der Waals surface area contributed by atoms with E-state index in [-0.39, 0.29) is 19.6 Å². The fourth-order valence-corrected chi connectivity index (χ4v) is 2.32. The number of alkyl halides is 3. The predicted octanol–water partition coefficient (Wildman–Crippen LogP) is 1.33. The van der Waals surface area contributed by atoms with E-state index >= 15 is 0 Å². The Kier molecular flexibility index (Phi) is 4.53. The Morgan fingerprint density at radius 3 is 2.41 bits per heavy atom. The van der Waals surface area contributed by atoms with Crippen molar-refractivity contribution in [1.29, 1.82) is 0 Å². The number of rotatable bonds is 1. The van der Waals surface area contributed by atoms with Crippen LogP contribution in [0.25, 0.3) is 0 Å². The number of nitrogens with zero attached hydrogens (tertiary/aromatic N) is 3. The average molecular weight is 316 g/mol. The molecular formula is C13H15F3N4O2. The maximum absolute atomic E-state index is 12.9. The first-order chi connectivity index (χ1) is 10.3. The number of primary amides is 1. The van der Waals surface area contributed by atoms with E-state index in [2.05, 4.69) is 4.98 Å². The van der Waals surface area contributed by atoms with Crippen LogP contribution in [0.3, 0.4) is 0 Å². The summed E-state index contributed by atoms with van der Waals surface area (Å²) < 4.78 is 38.8. The van der Waals surface area contributed by atoms with Crippen LogP contribution in [-0.2, 0) is 6.18 Å². The minimum absolute atomic E-state index is 0.140. The molecule has 2 rings (SSSR count). The minimum atomic E-state index is -4.65. The second-order valence-electron chi connectivity index (χ2n) is 4.89. The highest BCUT2D eigenvalue weighted by Crippen LogP contribution is 2.31. The molecule has 120 valence electrons. The van der Waals surface area contributed by atoms with E-state index in [0.29, 0.717) is 19.2 Å². The van der Waals surface area contributed by atoms with Gasteiger partial charge in [-0.3, -0.25) is 9.78 Å². The van der Waals surface area contributed by atoms with Crippen LogP contribution < -0.4 is 5.73 Å². The lowest BCUT2D eigenvalue weighted by Gasteiger charge is -2.22. The number of urea groups is 1. The van der Waals surface area contributed by atoms with Crippen molar-refractivity contribution in [3.05, 3.63) is 29.6 Å². The summed E-state index contributed by atoms with van der Waals surface area (Å²) in [7, 11) is 0. The molecule has 0 aromatic carbocycles. The summed E-state index contributed by atoms with van der Waals surface area (Å²) in [4.78, 5) is 29.6. The van der Waals surface area contributed by atoms with Gasteiger partial charge >= 0.3 is 12.2 Å². The smallest absolute Gasteiger partial charge is 0.351 e. The van der Waals surface area contributed by atoms with E-state index in [1.807, 2.05) is 0 Å². The molecule has 1 aromatic rings. The summed E-state index contributed by atoms with van der Waals surface area (Å²) in [6, 6.07) is 0.455. The van der Waals surface area contributed by atoms with Crippen molar-refractivity contribution in [1.82, 2.24) is 14.8 Å². The molecule has 1 fully saturated rings. The third-order valence-electron chi connectivity index (χ3n) is 3.45. The Labute approximate surface area is 124 Å². The fraction of sp³-hybridized carbons (Fsp3) is 0.462. The molecule has 9 heteroatoms. The first kappa shape index (κ1) is 16.1. The van der Waals surface area contributed by atoms with Crippen LogP contribution in [0.15, 0.2) is 18.5 Å². The quantitative estimate of drug-likeness (QED) is 0.849. The van der Waals surface area contributed by atoms with Crippen molar-refractivity contribution in [2.45, 2.75) is 12.6 Å². The molecule has 1 saturated heterocycles. The van der Waals surface area contributed by atoms with E-state index in [1.54, 1.807) is 0 Å². The third kappa shape index (κ3) is 3.46. The zero-order valence-corrected chi connectivity index (χ0v) is 11.6. The van der Waals surface area contributed by atoms with Crippen LogP contribution in [0.2, 0.25) is 0 Å². The third-order valence-corrected chi connectivity index (χ3v) is 3.45. The van der Waals surface area contributed by atoms with E-state index in [1.165, 1.54) is 9.80 Å². The number of hydrogen-bond acceptors (Lipinski definition) is 3. The standard InChI is InChI=1S/C13H15F3N4O2/c14-13(15,16)10-8-18-3-2-9(10)11(21)19-4-1-5-20(7-6-19)12(17)22/h2-3,8H,1,4-7H2,(H2,17,22). The van der Waals surface area contributed by atoms with Gasteiger partial charge in [-0.05, 0) is 12.5 Å². The molecule has 0 bridgehead atoms. The molecule has 1 aliphatic heterocycles. The van der Waals surface area contributed by atoms with Gasteiger partial charge in [-0.15, -0.1) is 0 Å². The predicted molar refractivity (Wildman–Crippen MR) is 70.9 cm³/mol. The van der Waals surface area contributed by atoms with Crippen molar-refractivity contribution >= 4 is 11.9 Å². The van der Waals surface area contributed by atoms with Gasteiger partial charge in [0.15, 0.2) is 0 Å². The molecule has 0 saturated carbocycles. The number of nitrogens with two attached hydrogens (primary N) is 1.